The van der Waals surface area contributed by atoms with E-state index in [1.165, 1.54) is 45.3 Å². The van der Waals surface area contributed by atoms with Crippen LogP contribution in [-0.4, -0.2) is 51.3 Å². The van der Waals surface area contributed by atoms with Gasteiger partial charge in [0.1, 0.15) is 23.8 Å². The molecule has 0 aliphatic rings. The summed E-state index contributed by atoms with van der Waals surface area (Å²) in [4.78, 5) is 40.2. The largest absolute Gasteiger partial charge is 0.497 e. The number of benzene rings is 3. The molecular weight excluding hydrogens is 516 g/mol. The minimum Gasteiger partial charge on any atom is -0.497 e. The zero-order valence-corrected chi connectivity index (χ0v) is 22.9. The molecule has 0 fully saturated rings. The second-order valence-electron chi connectivity index (χ2n) is 8.66. The predicted molar refractivity (Wildman–Crippen MR) is 151 cm³/mol. The van der Waals surface area contributed by atoms with Crippen molar-refractivity contribution in [3.8, 4) is 28.7 Å². The zero-order chi connectivity index (χ0) is 28.8. The van der Waals surface area contributed by atoms with Gasteiger partial charge in [-0.1, -0.05) is 0 Å². The third-order valence-corrected chi connectivity index (χ3v) is 6.21. The number of amides is 1. The van der Waals surface area contributed by atoms with Gasteiger partial charge >= 0.3 is 0 Å². The van der Waals surface area contributed by atoms with Crippen molar-refractivity contribution in [3.63, 3.8) is 0 Å². The third kappa shape index (κ3) is 5.85. The number of nitrogens with one attached hydrogen (secondary N) is 1. The first-order chi connectivity index (χ1) is 19.3. The number of pyridine rings is 1. The van der Waals surface area contributed by atoms with Crippen molar-refractivity contribution in [1.29, 1.82) is 0 Å². The van der Waals surface area contributed by atoms with Crippen LogP contribution < -0.4 is 34.4 Å². The van der Waals surface area contributed by atoms with Crippen molar-refractivity contribution >= 4 is 28.3 Å². The van der Waals surface area contributed by atoms with E-state index in [2.05, 4.69) is 5.32 Å². The van der Waals surface area contributed by atoms with Crippen LogP contribution in [0.2, 0.25) is 0 Å². The molecule has 10 heteroatoms. The van der Waals surface area contributed by atoms with Crippen LogP contribution in [-0.2, 0) is 11.3 Å². The van der Waals surface area contributed by atoms with Crippen LogP contribution in [0.3, 0.4) is 0 Å². The first-order valence-corrected chi connectivity index (χ1v) is 12.4. The minimum atomic E-state index is -0.496. The topological polar surface area (TPSA) is 114 Å². The van der Waals surface area contributed by atoms with Crippen LogP contribution in [0.5, 0.6) is 28.7 Å². The molecule has 40 heavy (non-hydrogen) atoms. The van der Waals surface area contributed by atoms with Gasteiger partial charge < -0.3 is 33.6 Å². The Labute approximate surface area is 231 Å². The number of nitrogens with zero attached hydrogens (tertiary/aromatic N) is 1. The Morgan fingerprint density at radius 1 is 0.800 bits per heavy atom. The normalized spacial score (nSPS) is 10.6. The van der Waals surface area contributed by atoms with Crippen molar-refractivity contribution < 1.29 is 33.3 Å². The number of carbonyl (C=O) groups is 2. The summed E-state index contributed by atoms with van der Waals surface area (Å²) in [5.74, 6) is 1.40. The molecular formula is C30H30N2O8. The second-order valence-corrected chi connectivity index (χ2v) is 8.66. The molecule has 4 rings (SSSR count). The van der Waals surface area contributed by atoms with E-state index in [4.69, 9.17) is 23.7 Å². The standard InChI is InChI=1S/C30H30N2O8/c1-6-40-20-9-7-18(8-10-20)29(34)24-16-32(25-15-27(39-5)26(38-4)14-23(25)30(24)35)17-28(33)31-19-11-21(36-2)13-22(12-19)37-3/h7-16H,6,17H2,1-5H3,(H,31,33). The van der Waals surface area contributed by atoms with Crippen molar-refractivity contribution in [3.05, 3.63) is 82.1 Å². The summed E-state index contributed by atoms with van der Waals surface area (Å²) in [6, 6.07) is 14.6. The number of hydrogen-bond acceptors (Lipinski definition) is 8. The summed E-state index contributed by atoms with van der Waals surface area (Å²) in [5.41, 5.74) is 0.560. The van der Waals surface area contributed by atoms with Crippen molar-refractivity contribution in [1.82, 2.24) is 4.57 Å². The maximum atomic E-state index is 13.6. The SMILES string of the molecule is CCOc1ccc(C(=O)c2cn(CC(=O)Nc3cc(OC)cc(OC)c3)c3cc(OC)c(OC)cc3c2=O)cc1. The van der Waals surface area contributed by atoms with E-state index in [-0.39, 0.29) is 17.5 Å². The third-order valence-electron chi connectivity index (χ3n) is 6.21. The summed E-state index contributed by atoms with van der Waals surface area (Å²) in [5, 5.41) is 3.02. The molecule has 3 aromatic carbocycles. The van der Waals surface area contributed by atoms with E-state index in [9.17, 15) is 14.4 Å². The maximum absolute atomic E-state index is 13.6. The number of anilines is 1. The highest BCUT2D eigenvalue weighted by Crippen LogP contribution is 2.32. The molecule has 1 heterocycles. The summed E-state index contributed by atoms with van der Waals surface area (Å²) in [7, 11) is 5.95. The van der Waals surface area contributed by atoms with Crippen LogP contribution in [0.25, 0.3) is 10.9 Å². The van der Waals surface area contributed by atoms with Crippen LogP contribution >= 0.6 is 0 Å². The second kappa shape index (κ2) is 12.2. The number of aromatic nitrogens is 1. The van der Waals surface area contributed by atoms with Gasteiger partial charge in [-0.15, -0.1) is 0 Å². The first-order valence-electron chi connectivity index (χ1n) is 12.4. The fourth-order valence-electron chi connectivity index (χ4n) is 4.27. The predicted octanol–water partition coefficient (Wildman–Crippen LogP) is 4.30. The molecule has 0 bridgehead atoms. The summed E-state index contributed by atoms with van der Waals surface area (Å²) < 4.78 is 28.4. The number of fused-ring (bicyclic) bond motifs is 1. The van der Waals surface area contributed by atoms with E-state index < -0.39 is 17.1 Å². The molecule has 208 valence electrons. The lowest BCUT2D eigenvalue weighted by Crippen LogP contribution is -2.24. The molecule has 0 aliphatic heterocycles. The molecule has 0 unspecified atom stereocenters. The van der Waals surface area contributed by atoms with Gasteiger partial charge in [-0.2, -0.15) is 0 Å². The van der Waals surface area contributed by atoms with E-state index in [1.54, 1.807) is 48.5 Å². The summed E-state index contributed by atoms with van der Waals surface area (Å²) >= 11 is 0. The molecule has 0 spiro atoms. The van der Waals surface area contributed by atoms with Crippen LogP contribution in [0.1, 0.15) is 22.8 Å². The number of ether oxygens (including phenoxy) is 5. The molecule has 1 aromatic heterocycles. The highest BCUT2D eigenvalue weighted by Gasteiger charge is 2.21. The lowest BCUT2D eigenvalue weighted by atomic mass is 10.0. The van der Waals surface area contributed by atoms with Gasteiger partial charge in [-0.25, -0.2) is 0 Å². The average Bonchev–Trinajstić information content (AvgIpc) is 2.97. The summed E-state index contributed by atoms with van der Waals surface area (Å²) in [6.07, 6.45) is 1.39. The lowest BCUT2D eigenvalue weighted by Gasteiger charge is -2.16. The Morgan fingerprint density at radius 3 is 2.00 bits per heavy atom. The monoisotopic (exact) mass is 546 g/mol. The van der Waals surface area contributed by atoms with Crippen LogP contribution in [0.4, 0.5) is 5.69 Å². The molecule has 0 radical (unpaired) electrons. The van der Waals surface area contributed by atoms with Gasteiger partial charge in [0.05, 0.1) is 51.5 Å². The van der Waals surface area contributed by atoms with Crippen LogP contribution in [0.15, 0.2) is 65.6 Å². The molecule has 0 saturated carbocycles. The number of carbonyl (C=O) groups excluding carboxylic acids is 2. The molecule has 1 amide bonds. The minimum absolute atomic E-state index is 0.0975. The molecule has 0 aliphatic carbocycles. The van der Waals surface area contributed by atoms with Crippen molar-refractivity contribution in [2.45, 2.75) is 13.5 Å². The van der Waals surface area contributed by atoms with Gasteiger partial charge in [0.25, 0.3) is 0 Å². The van der Waals surface area contributed by atoms with E-state index >= 15 is 0 Å². The van der Waals surface area contributed by atoms with E-state index in [0.717, 1.165) is 0 Å². The van der Waals surface area contributed by atoms with Gasteiger partial charge in [0.2, 0.25) is 11.3 Å². The Hall–Kier alpha value is -4.99. The van der Waals surface area contributed by atoms with E-state index in [0.29, 0.717) is 52.1 Å². The van der Waals surface area contributed by atoms with Gasteiger partial charge in [0, 0.05) is 41.7 Å². The first kappa shape index (κ1) is 28.0. The Balaban J connectivity index is 1.79. The molecule has 10 nitrogen and oxygen atoms in total. The molecule has 4 aromatic rings. The summed E-state index contributed by atoms with van der Waals surface area (Å²) in [6.45, 7) is 2.13. The smallest absolute Gasteiger partial charge is 0.244 e. The molecule has 0 saturated heterocycles. The Morgan fingerprint density at radius 2 is 1.43 bits per heavy atom. The lowest BCUT2D eigenvalue weighted by molar-refractivity contribution is -0.116. The maximum Gasteiger partial charge on any atom is 0.244 e. The molecule has 1 N–H and O–H groups in total. The van der Waals surface area contributed by atoms with Crippen molar-refractivity contribution in [2.75, 3.05) is 40.4 Å². The van der Waals surface area contributed by atoms with Gasteiger partial charge in [-0.05, 0) is 37.3 Å². The zero-order valence-electron chi connectivity index (χ0n) is 22.9. The highest BCUT2D eigenvalue weighted by atomic mass is 16.5. The fourth-order valence-corrected chi connectivity index (χ4v) is 4.27. The fraction of sp³-hybridized carbons (Fsp3) is 0.233. The number of methoxy groups -OCH3 is 4. The van der Waals surface area contributed by atoms with E-state index in [1.807, 2.05) is 6.92 Å². The van der Waals surface area contributed by atoms with Crippen LogP contribution in [0, 0.1) is 0 Å². The number of hydrogen-bond donors (Lipinski definition) is 1. The Bertz CT molecular complexity index is 1590. The van der Waals surface area contributed by atoms with Crippen molar-refractivity contribution in [2.24, 2.45) is 0 Å². The number of ketones is 1. The van der Waals surface area contributed by atoms with Gasteiger partial charge in [0.15, 0.2) is 17.3 Å². The Kier molecular flexibility index (Phi) is 8.58. The quantitative estimate of drug-likeness (QED) is 0.277. The highest BCUT2D eigenvalue weighted by molar-refractivity contribution is 6.10. The number of rotatable bonds is 11. The molecule has 0 atom stereocenters. The van der Waals surface area contributed by atoms with Gasteiger partial charge in [-0.3, -0.25) is 14.4 Å². The average molecular weight is 547 g/mol.